The first-order valence-electron chi connectivity index (χ1n) is 7.50. The number of benzene rings is 2. The van der Waals surface area contributed by atoms with Gasteiger partial charge in [0.2, 0.25) is 5.91 Å². The van der Waals surface area contributed by atoms with Crippen LogP contribution in [0.1, 0.15) is 16.7 Å². The summed E-state index contributed by atoms with van der Waals surface area (Å²) in [5, 5.41) is 5.95. The van der Waals surface area contributed by atoms with Gasteiger partial charge in [-0.15, -0.1) is 0 Å². The average molecular weight is 340 g/mol. The van der Waals surface area contributed by atoms with Crippen molar-refractivity contribution in [3.05, 3.63) is 65.2 Å². The molecule has 2 aromatic rings. The fraction of sp³-hybridized carbons (Fsp3) is 0.158. The highest BCUT2D eigenvalue weighted by Crippen LogP contribution is 2.17. The third-order valence-electron chi connectivity index (χ3n) is 3.63. The molecule has 0 atom stereocenters. The summed E-state index contributed by atoms with van der Waals surface area (Å²) in [4.78, 5) is 11.9. The molecule has 4 nitrogen and oxygen atoms in total. The lowest BCUT2D eigenvalue weighted by Gasteiger charge is -2.12. The first-order chi connectivity index (χ1) is 11.5. The zero-order chi connectivity index (χ0) is 17.5. The van der Waals surface area contributed by atoms with Gasteiger partial charge in [0.15, 0.2) is 5.11 Å². The molecule has 0 aromatic heterocycles. The quantitative estimate of drug-likeness (QED) is 0.656. The molecule has 124 valence electrons. The first kappa shape index (κ1) is 17.7. The van der Waals surface area contributed by atoms with Gasteiger partial charge in [-0.05, 0) is 67.0 Å². The molecule has 0 unspecified atom stereocenters. The smallest absolute Gasteiger partial charge is 0.250 e. The van der Waals surface area contributed by atoms with Crippen LogP contribution in [0.2, 0.25) is 0 Å². The van der Waals surface area contributed by atoms with Gasteiger partial charge in [0.25, 0.3) is 0 Å². The summed E-state index contributed by atoms with van der Waals surface area (Å²) in [5.41, 5.74) is 4.05. The highest BCUT2D eigenvalue weighted by Gasteiger charge is 2.05. The van der Waals surface area contributed by atoms with Crippen molar-refractivity contribution in [2.45, 2.75) is 13.8 Å². The third kappa shape index (κ3) is 4.93. The van der Waals surface area contributed by atoms with Crippen LogP contribution >= 0.6 is 12.2 Å². The Kier molecular flexibility index (Phi) is 6.09. The van der Waals surface area contributed by atoms with Crippen LogP contribution in [-0.4, -0.2) is 18.1 Å². The van der Waals surface area contributed by atoms with Crippen molar-refractivity contribution in [1.29, 1.82) is 0 Å². The normalized spacial score (nSPS) is 10.5. The second kappa shape index (κ2) is 8.26. The number of nitrogens with one attached hydrogen (secondary N) is 2. The number of amides is 1. The van der Waals surface area contributed by atoms with Crippen LogP contribution < -0.4 is 15.4 Å². The molecule has 0 saturated heterocycles. The Morgan fingerprint density at radius 2 is 1.83 bits per heavy atom. The van der Waals surface area contributed by atoms with E-state index in [1.54, 1.807) is 13.2 Å². The van der Waals surface area contributed by atoms with E-state index in [1.807, 2.05) is 56.3 Å². The third-order valence-corrected chi connectivity index (χ3v) is 3.84. The number of thiocarbonyl (C=S) groups is 1. The van der Waals surface area contributed by atoms with E-state index in [0.717, 1.165) is 28.1 Å². The van der Waals surface area contributed by atoms with Crippen LogP contribution in [0, 0.1) is 13.8 Å². The van der Waals surface area contributed by atoms with Crippen molar-refractivity contribution in [2.24, 2.45) is 0 Å². The van der Waals surface area contributed by atoms with E-state index in [-0.39, 0.29) is 11.0 Å². The molecule has 0 aliphatic rings. The van der Waals surface area contributed by atoms with Gasteiger partial charge in [0.05, 0.1) is 7.11 Å². The van der Waals surface area contributed by atoms with E-state index in [9.17, 15) is 4.79 Å². The lowest BCUT2D eigenvalue weighted by atomic mass is 10.1. The first-order valence-corrected chi connectivity index (χ1v) is 7.90. The largest absolute Gasteiger partial charge is 0.497 e. The Bertz CT molecular complexity index is 767. The number of hydrogen-bond donors (Lipinski definition) is 2. The summed E-state index contributed by atoms with van der Waals surface area (Å²) >= 11 is 5.19. The topological polar surface area (TPSA) is 50.4 Å². The molecule has 0 bridgehead atoms. The van der Waals surface area contributed by atoms with E-state index in [1.165, 1.54) is 6.08 Å². The number of aryl methyl sites for hydroxylation is 1. The predicted octanol–water partition coefficient (Wildman–Crippen LogP) is 3.84. The summed E-state index contributed by atoms with van der Waals surface area (Å²) in [7, 11) is 1.61. The SMILES string of the molecule is COc1ccc(/C=C/C(=O)NC(=S)Nc2cccc(C)c2C)cc1. The minimum atomic E-state index is -0.284. The maximum absolute atomic E-state index is 11.9. The van der Waals surface area contributed by atoms with Gasteiger partial charge in [-0.2, -0.15) is 0 Å². The lowest BCUT2D eigenvalue weighted by molar-refractivity contribution is -0.115. The Morgan fingerprint density at radius 1 is 1.12 bits per heavy atom. The second-order valence-electron chi connectivity index (χ2n) is 5.30. The molecule has 0 radical (unpaired) electrons. The average Bonchev–Trinajstić information content (AvgIpc) is 2.57. The van der Waals surface area contributed by atoms with Crippen molar-refractivity contribution in [3.63, 3.8) is 0 Å². The molecule has 0 heterocycles. The standard InChI is InChI=1S/C19H20N2O2S/c1-13-5-4-6-17(14(13)2)20-19(24)21-18(22)12-9-15-7-10-16(23-3)11-8-15/h4-12H,1-3H3,(H2,20,21,22,24)/b12-9+. The number of rotatable bonds is 4. The minimum Gasteiger partial charge on any atom is -0.497 e. The predicted molar refractivity (Wildman–Crippen MR) is 102 cm³/mol. The number of ether oxygens (including phenoxy) is 1. The molecule has 0 spiro atoms. The molecule has 0 aliphatic heterocycles. The maximum atomic E-state index is 11.9. The summed E-state index contributed by atoms with van der Waals surface area (Å²) in [5.74, 6) is 0.490. The molecule has 2 N–H and O–H groups in total. The Balaban J connectivity index is 1.92. The van der Waals surface area contributed by atoms with Crippen molar-refractivity contribution in [2.75, 3.05) is 12.4 Å². The van der Waals surface area contributed by atoms with Crippen LogP contribution in [0.15, 0.2) is 48.5 Å². The van der Waals surface area contributed by atoms with Crippen LogP contribution in [0.4, 0.5) is 5.69 Å². The van der Waals surface area contributed by atoms with Crippen LogP contribution in [0.5, 0.6) is 5.75 Å². The van der Waals surface area contributed by atoms with Gasteiger partial charge in [-0.1, -0.05) is 24.3 Å². The molecule has 0 fully saturated rings. The Morgan fingerprint density at radius 3 is 2.50 bits per heavy atom. The Labute approximate surface area is 147 Å². The van der Waals surface area contributed by atoms with Gasteiger partial charge >= 0.3 is 0 Å². The maximum Gasteiger partial charge on any atom is 0.250 e. The highest BCUT2D eigenvalue weighted by atomic mass is 32.1. The number of hydrogen-bond acceptors (Lipinski definition) is 3. The number of methoxy groups -OCH3 is 1. The van der Waals surface area contributed by atoms with Gasteiger partial charge in [0.1, 0.15) is 5.75 Å². The molecule has 24 heavy (non-hydrogen) atoms. The van der Waals surface area contributed by atoms with Crippen molar-refractivity contribution >= 4 is 35.0 Å². The van der Waals surface area contributed by atoms with E-state index >= 15 is 0 Å². The summed E-state index contributed by atoms with van der Waals surface area (Å²) in [6.07, 6.45) is 3.16. The molecular formula is C19H20N2O2S. The molecule has 0 saturated carbocycles. The fourth-order valence-corrected chi connectivity index (χ4v) is 2.29. The van der Waals surface area contributed by atoms with Crippen LogP contribution in [0.3, 0.4) is 0 Å². The molecule has 1 amide bonds. The van der Waals surface area contributed by atoms with Crippen LogP contribution in [0.25, 0.3) is 6.08 Å². The van der Waals surface area contributed by atoms with Crippen molar-refractivity contribution in [3.8, 4) is 5.75 Å². The molecule has 5 heteroatoms. The van der Waals surface area contributed by atoms with Crippen molar-refractivity contribution < 1.29 is 9.53 Å². The van der Waals surface area contributed by atoms with Gasteiger partial charge in [0, 0.05) is 11.8 Å². The highest BCUT2D eigenvalue weighted by molar-refractivity contribution is 7.80. The summed E-state index contributed by atoms with van der Waals surface area (Å²) in [6, 6.07) is 13.3. The second-order valence-corrected chi connectivity index (χ2v) is 5.71. The molecule has 0 aliphatic carbocycles. The Hall–Kier alpha value is -2.66. The fourth-order valence-electron chi connectivity index (χ4n) is 2.08. The van der Waals surface area contributed by atoms with Gasteiger partial charge < -0.3 is 10.1 Å². The van der Waals surface area contributed by atoms with E-state index in [0.29, 0.717) is 0 Å². The monoisotopic (exact) mass is 340 g/mol. The van der Waals surface area contributed by atoms with Crippen molar-refractivity contribution in [1.82, 2.24) is 5.32 Å². The van der Waals surface area contributed by atoms with Crippen LogP contribution in [-0.2, 0) is 4.79 Å². The minimum absolute atomic E-state index is 0.271. The summed E-state index contributed by atoms with van der Waals surface area (Å²) in [6.45, 7) is 4.03. The zero-order valence-corrected chi connectivity index (χ0v) is 14.7. The molecule has 2 rings (SSSR count). The number of carbonyl (C=O) groups is 1. The van der Waals surface area contributed by atoms with Gasteiger partial charge in [-0.3, -0.25) is 10.1 Å². The number of carbonyl (C=O) groups excluding carboxylic acids is 1. The number of anilines is 1. The van der Waals surface area contributed by atoms with E-state index in [4.69, 9.17) is 17.0 Å². The van der Waals surface area contributed by atoms with Gasteiger partial charge in [-0.25, -0.2) is 0 Å². The lowest BCUT2D eigenvalue weighted by Crippen LogP contribution is -2.33. The zero-order valence-electron chi connectivity index (χ0n) is 13.9. The van der Waals surface area contributed by atoms with E-state index in [2.05, 4.69) is 10.6 Å². The molecular weight excluding hydrogens is 320 g/mol. The van der Waals surface area contributed by atoms with E-state index < -0.39 is 0 Å². The summed E-state index contributed by atoms with van der Waals surface area (Å²) < 4.78 is 5.09. The molecule has 2 aromatic carbocycles.